The van der Waals surface area contributed by atoms with Gasteiger partial charge in [-0.1, -0.05) is 23.8 Å². The fourth-order valence-electron chi connectivity index (χ4n) is 1.41. The number of rotatable bonds is 1. The van der Waals surface area contributed by atoms with E-state index in [0.29, 0.717) is 0 Å². The van der Waals surface area contributed by atoms with Crippen molar-refractivity contribution >= 4 is 0 Å². The van der Waals surface area contributed by atoms with E-state index >= 15 is 0 Å². The average molecular weight is 170 g/mol. The Balaban J connectivity index is 0.000000561. The van der Waals surface area contributed by atoms with Crippen molar-refractivity contribution in [3.63, 3.8) is 0 Å². The molecule has 2 heteroatoms. The minimum absolute atomic E-state index is 0.767. The summed E-state index contributed by atoms with van der Waals surface area (Å²) >= 11 is 0. The summed E-state index contributed by atoms with van der Waals surface area (Å²) < 4.78 is 0. The van der Waals surface area contributed by atoms with Crippen LogP contribution in [-0.2, 0) is 0 Å². The SMILES string of the molecule is C=C(C)C1CC=C(C)CC1.OO. The van der Waals surface area contributed by atoms with Gasteiger partial charge < -0.3 is 0 Å². The summed E-state index contributed by atoms with van der Waals surface area (Å²) in [5, 5.41) is 12.0. The molecule has 0 fully saturated rings. The van der Waals surface area contributed by atoms with Crippen LogP contribution in [0.4, 0.5) is 0 Å². The van der Waals surface area contributed by atoms with Crippen molar-refractivity contribution in [1.29, 1.82) is 0 Å². The zero-order valence-corrected chi connectivity index (χ0v) is 7.88. The molecule has 0 spiro atoms. The van der Waals surface area contributed by atoms with E-state index in [1.165, 1.54) is 24.8 Å². The molecule has 1 unspecified atom stereocenters. The number of allylic oxidation sites excluding steroid dienone is 3. The number of hydrogen-bond acceptors (Lipinski definition) is 2. The lowest BCUT2D eigenvalue weighted by atomic mass is 9.86. The first kappa shape index (κ1) is 11.4. The van der Waals surface area contributed by atoms with Crippen LogP contribution in [0.2, 0.25) is 0 Å². The molecule has 1 aliphatic carbocycles. The lowest BCUT2D eigenvalue weighted by Gasteiger charge is -2.19. The van der Waals surface area contributed by atoms with E-state index in [9.17, 15) is 0 Å². The highest BCUT2D eigenvalue weighted by Crippen LogP contribution is 2.27. The normalized spacial score (nSPS) is 22.0. The first-order valence-electron chi connectivity index (χ1n) is 4.21. The van der Waals surface area contributed by atoms with E-state index in [1.807, 2.05) is 0 Å². The Labute approximate surface area is 74.2 Å². The maximum atomic E-state index is 6.00. The summed E-state index contributed by atoms with van der Waals surface area (Å²) in [6.07, 6.45) is 6.17. The largest absolute Gasteiger partial charge is 0.255 e. The van der Waals surface area contributed by atoms with Crippen molar-refractivity contribution in [1.82, 2.24) is 0 Å². The van der Waals surface area contributed by atoms with Gasteiger partial charge in [0.25, 0.3) is 0 Å². The molecule has 0 radical (unpaired) electrons. The smallest absolute Gasteiger partial charge is 0.0171 e. The summed E-state index contributed by atoms with van der Waals surface area (Å²) in [6.45, 7) is 8.33. The lowest BCUT2D eigenvalue weighted by molar-refractivity contribution is -0.176. The molecule has 0 amide bonds. The van der Waals surface area contributed by atoms with Crippen molar-refractivity contribution < 1.29 is 10.5 Å². The van der Waals surface area contributed by atoms with Gasteiger partial charge in [0.05, 0.1) is 0 Å². The van der Waals surface area contributed by atoms with Crippen LogP contribution in [0, 0.1) is 5.92 Å². The van der Waals surface area contributed by atoms with Gasteiger partial charge in [0.1, 0.15) is 0 Å². The molecule has 1 rings (SSSR count). The minimum atomic E-state index is 0.767. The van der Waals surface area contributed by atoms with Gasteiger partial charge in [0.2, 0.25) is 0 Å². The maximum absolute atomic E-state index is 6.00. The third-order valence-corrected chi connectivity index (χ3v) is 2.33. The van der Waals surface area contributed by atoms with Gasteiger partial charge in [-0.15, -0.1) is 0 Å². The lowest BCUT2D eigenvalue weighted by Crippen LogP contribution is -2.04. The fourth-order valence-corrected chi connectivity index (χ4v) is 1.41. The van der Waals surface area contributed by atoms with Gasteiger partial charge in [-0.25, -0.2) is 0 Å². The minimum Gasteiger partial charge on any atom is -0.255 e. The predicted octanol–water partition coefficient (Wildman–Crippen LogP) is 3.33. The Morgan fingerprint density at radius 2 is 2.17 bits per heavy atom. The monoisotopic (exact) mass is 170 g/mol. The highest BCUT2D eigenvalue weighted by Gasteiger charge is 2.11. The zero-order valence-electron chi connectivity index (χ0n) is 7.88. The van der Waals surface area contributed by atoms with E-state index in [0.717, 1.165) is 5.92 Å². The highest BCUT2D eigenvalue weighted by molar-refractivity contribution is 5.09. The molecule has 0 aromatic rings. The van der Waals surface area contributed by atoms with Crippen LogP contribution < -0.4 is 0 Å². The van der Waals surface area contributed by atoms with Crippen molar-refractivity contribution in [2.75, 3.05) is 0 Å². The van der Waals surface area contributed by atoms with Gasteiger partial charge in [-0.3, -0.25) is 10.5 Å². The van der Waals surface area contributed by atoms with E-state index < -0.39 is 0 Å². The van der Waals surface area contributed by atoms with Gasteiger partial charge >= 0.3 is 0 Å². The topological polar surface area (TPSA) is 40.5 Å². The Morgan fingerprint density at radius 3 is 2.50 bits per heavy atom. The van der Waals surface area contributed by atoms with E-state index in [4.69, 9.17) is 10.5 Å². The van der Waals surface area contributed by atoms with Crippen LogP contribution >= 0.6 is 0 Å². The van der Waals surface area contributed by atoms with E-state index in [-0.39, 0.29) is 0 Å². The van der Waals surface area contributed by atoms with Crippen LogP contribution in [-0.4, -0.2) is 10.5 Å². The summed E-state index contributed by atoms with van der Waals surface area (Å²) in [5.41, 5.74) is 2.90. The zero-order chi connectivity index (χ0) is 9.56. The first-order chi connectivity index (χ1) is 5.70. The Morgan fingerprint density at radius 1 is 1.58 bits per heavy atom. The van der Waals surface area contributed by atoms with Crippen LogP contribution in [0.1, 0.15) is 33.1 Å². The molecule has 2 nitrogen and oxygen atoms in total. The first-order valence-corrected chi connectivity index (χ1v) is 4.21. The molecule has 70 valence electrons. The fraction of sp³-hybridized carbons (Fsp3) is 0.600. The molecule has 0 aromatic carbocycles. The predicted molar refractivity (Wildman–Crippen MR) is 51.2 cm³/mol. The van der Waals surface area contributed by atoms with E-state index in [2.05, 4.69) is 26.5 Å². The second-order valence-corrected chi connectivity index (χ2v) is 3.37. The molecule has 0 aliphatic heterocycles. The van der Waals surface area contributed by atoms with Crippen LogP contribution in [0.25, 0.3) is 0 Å². The molecule has 1 aliphatic rings. The standard InChI is InChI=1S/C10H16.H2O2/c1-8(2)10-6-4-9(3)5-7-10;1-2/h4,10H,1,5-7H2,2-3H3;1-2H. The molecule has 0 saturated carbocycles. The molecule has 2 N–H and O–H groups in total. The second-order valence-electron chi connectivity index (χ2n) is 3.37. The molecule has 0 aromatic heterocycles. The Bertz CT molecular complexity index is 171. The quantitative estimate of drug-likeness (QED) is 0.360. The molecular weight excluding hydrogens is 152 g/mol. The van der Waals surface area contributed by atoms with Crippen LogP contribution in [0.15, 0.2) is 23.8 Å². The third kappa shape index (κ3) is 3.69. The van der Waals surface area contributed by atoms with E-state index in [1.54, 1.807) is 5.57 Å². The average Bonchev–Trinajstić information content (AvgIpc) is 2.09. The molecular formula is C10H18O2. The summed E-state index contributed by atoms with van der Waals surface area (Å²) in [6, 6.07) is 0. The number of hydrogen-bond donors (Lipinski definition) is 2. The van der Waals surface area contributed by atoms with Crippen LogP contribution in [0.5, 0.6) is 0 Å². The maximum Gasteiger partial charge on any atom is -0.0171 e. The Hall–Kier alpha value is -0.600. The van der Waals surface area contributed by atoms with Gasteiger partial charge in [0, 0.05) is 0 Å². The summed E-state index contributed by atoms with van der Waals surface area (Å²) in [5.74, 6) is 0.767. The van der Waals surface area contributed by atoms with Crippen molar-refractivity contribution in [3.05, 3.63) is 23.8 Å². The second kappa shape index (κ2) is 5.98. The van der Waals surface area contributed by atoms with Gasteiger partial charge in [-0.05, 0) is 39.0 Å². The Kier molecular flexibility index (Phi) is 5.68. The highest BCUT2D eigenvalue weighted by atomic mass is 17.0. The van der Waals surface area contributed by atoms with Crippen molar-refractivity contribution in [3.8, 4) is 0 Å². The third-order valence-electron chi connectivity index (χ3n) is 2.33. The molecule has 0 bridgehead atoms. The molecule has 0 saturated heterocycles. The summed E-state index contributed by atoms with van der Waals surface area (Å²) in [4.78, 5) is 0. The van der Waals surface area contributed by atoms with Crippen LogP contribution in [0.3, 0.4) is 0 Å². The molecule has 12 heavy (non-hydrogen) atoms. The summed E-state index contributed by atoms with van der Waals surface area (Å²) in [7, 11) is 0. The molecule has 1 atom stereocenters. The van der Waals surface area contributed by atoms with Crippen molar-refractivity contribution in [2.24, 2.45) is 5.92 Å². The van der Waals surface area contributed by atoms with Crippen molar-refractivity contribution in [2.45, 2.75) is 33.1 Å². The van der Waals surface area contributed by atoms with Gasteiger partial charge in [-0.2, -0.15) is 0 Å². The molecule has 0 heterocycles. The van der Waals surface area contributed by atoms with Gasteiger partial charge in [0.15, 0.2) is 0 Å².